The van der Waals surface area contributed by atoms with Crippen molar-refractivity contribution in [2.45, 2.75) is 25.7 Å². The van der Waals surface area contributed by atoms with Gasteiger partial charge in [0.2, 0.25) is 5.91 Å². The van der Waals surface area contributed by atoms with Crippen LogP contribution in [0.1, 0.15) is 55.9 Å². The first-order chi connectivity index (χ1) is 25.1. The van der Waals surface area contributed by atoms with Gasteiger partial charge in [-0.1, -0.05) is 30.3 Å². The summed E-state index contributed by atoms with van der Waals surface area (Å²) in [4.78, 5) is 55.7. The highest BCUT2D eigenvalue weighted by atomic mass is 35.5. The molecular weight excluding hydrogens is 699 g/mol. The zero-order valence-corrected chi connectivity index (χ0v) is 31.1. The summed E-state index contributed by atoms with van der Waals surface area (Å²) in [6.45, 7) is 2.86. The number of halogens is 2. The highest BCUT2D eigenvalue weighted by Gasteiger charge is 2.13. The largest absolute Gasteiger partial charge is 0.369 e. The van der Waals surface area contributed by atoms with E-state index >= 15 is 0 Å². The molecule has 10 nitrogen and oxygen atoms in total. The molecule has 4 aromatic carbocycles. The van der Waals surface area contributed by atoms with E-state index in [2.05, 4.69) is 43.2 Å². The van der Waals surface area contributed by atoms with Crippen LogP contribution >= 0.6 is 23.2 Å². The van der Waals surface area contributed by atoms with E-state index in [4.69, 9.17) is 23.2 Å². The standard InChI is InChI=1S/C40H46Cl2N6O4/c1-47(2)23-7-22-43-38(50)30-9-4-13-34(26-30)45-40(52)32-11-6-14-35(28-32)46-39(51)31-10-5-12-33(27-31)44-37(49)15-3-8-29-16-18-36(19-17-29)48(24-20-41)25-21-42/h4-6,9-14,16-19,26-28H,3,7-8,15,20-25H2,1-2H3,(H,43,50)(H,44,49)(H,45,52)(H,46,51). The van der Waals surface area contributed by atoms with E-state index in [1.54, 1.807) is 72.8 Å². The molecule has 4 aromatic rings. The molecule has 4 amide bonds. The number of alkyl halides is 2. The van der Waals surface area contributed by atoms with Crippen LogP contribution in [0, 0.1) is 0 Å². The lowest BCUT2D eigenvalue weighted by Crippen LogP contribution is -2.27. The molecule has 0 saturated heterocycles. The van der Waals surface area contributed by atoms with Gasteiger partial charge in [0.15, 0.2) is 0 Å². The molecule has 4 N–H and O–H groups in total. The van der Waals surface area contributed by atoms with E-state index < -0.39 is 11.8 Å². The van der Waals surface area contributed by atoms with Crippen LogP contribution in [0.5, 0.6) is 0 Å². The van der Waals surface area contributed by atoms with Crippen LogP contribution in [-0.2, 0) is 11.2 Å². The van der Waals surface area contributed by atoms with Crippen LogP contribution in [0.15, 0.2) is 97.1 Å². The van der Waals surface area contributed by atoms with Crippen molar-refractivity contribution in [2.75, 3.05) is 72.9 Å². The van der Waals surface area contributed by atoms with Crippen molar-refractivity contribution >= 4 is 69.6 Å². The maximum atomic E-state index is 13.1. The third-order valence-corrected chi connectivity index (χ3v) is 8.46. The van der Waals surface area contributed by atoms with Gasteiger partial charge >= 0.3 is 0 Å². The molecule has 0 fully saturated rings. The summed E-state index contributed by atoms with van der Waals surface area (Å²) >= 11 is 11.8. The zero-order chi connectivity index (χ0) is 37.3. The molecule has 0 unspecified atom stereocenters. The van der Waals surface area contributed by atoms with E-state index in [1.165, 1.54) is 0 Å². The molecule has 12 heteroatoms. The fourth-order valence-electron chi connectivity index (χ4n) is 5.44. The summed E-state index contributed by atoms with van der Waals surface area (Å²) in [5, 5.41) is 11.4. The maximum Gasteiger partial charge on any atom is 0.255 e. The van der Waals surface area contributed by atoms with Crippen molar-refractivity contribution in [2.24, 2.45) is 0 Å². The lowest BCUT2D eigenvalue weighted by molar-refractivity contribution is -0.116. The first kappa shape index (κ1) is 39.9. The van der Waals surface area contributed by atoms with Crippen molar-refractivity contribution in [3.8, 4) is 0 Å². The quantitative estimate of drug-likeness (QED) is 0.0600. The van der Waals surface area contributed by atoms with Gasteiger partial charge in [-0.05, 0) is 112 Å². The van der Waals surface area contributed by atoms with Crippen LogP contribution in [0.25, 0.3) is 0 Å². The number of hydrogen-bond donors (Lipinski definition) is 4. The summed E-state index contributed by atoms with van der Waals surface area (Å²) in [5.41, 5.74) is 4.73. The molecule has 0 bridgehead atoms. The lowest BCUT2D eigenvalue weighted by Gasteiger charge is -2.23. The second-order valence-electron chi connectivity index (χ2n) is 12.5. The van der Waals surface area contributed by atoms with Crippen LogP contribution in [0.2, 0.25) is 0 Å². The van der Waals surface area contributed by atoms with Crippen molar-refractivity contribution in [3.63, 3.8) is 0 Å². The summed E-state index contributed by atoms with van der Waals surface area (Å²) in [5.74, 6) is -0.0947. The smallest absolute Gasteiger partial charge is 0.255 e. The van der Waals surface area contributed by atoms with E-state index in [-0.39, 0.29) is 11.8 Å². The Hall–Kier alpha value is -4.90. The van der Waals surface area contributed by atoms with Gasteiger partial charge in [-0.25, -0.2) is 0 Å². The number of hydrogen-bond acceptors (Lipinski definition) is 6. The first-order valence-electron chi connectivity index (χ1n) is 17.3. The van der Waals surface area contributed by atoms with Crippen molar-refractivity contribution < 1.29 is 19.2 Å². The Morgan fingerprint density at radius 1 is 0.596 bits per heavy atom. The van der Waals surface area contributed by atoms with Crippen LogP contribution in [0.3, 0.4) is 0 Å². The molecule has 4 rings (SSSR count). The number of nitrogens with one attached hydrogen (secondary N) is 4. The van der Waals surface area contributed by atoms with Gasteiger partial charge in [0.1, 0.15) is 0 Å². The lowest BCUT2D eigenvalue weighted by atomic mass is 10.1. The topological polar surface area (TPSA) is 123 Å². The molecule has 0 spiro atoms. The molecule has 274 valence electrons. The summed E-state index contributed by atoms with van der Waals surface area (Å²) in [6, 6.07) is 28.2. The Morgan fingerprint density at radius 3 is 1.60 bits per heavy atom. The van der Waals surface area contributed by atoms with Crippen molar-refractivity contribution in [1.29, 1.82) is 0 Å². The Bertz CT molecular complexity index is 1800. The molecular formula is C40H46Cl2N6O4. The molecule has 0 aliphatic rings. The van der Waals surface area contributed by atoms with Gasteiger partial charge in [-0.15, -0.1) is 23.2 Å². The van der Waals surface area contributed by atoms with Gasteiger partial charge < -0.3 is 31.1 Å². The third-order valence-electron chi connectivity index (χ3n) is 8.12. The molecule has 0 atom stereocenters. The van der Waals surface area contributed by atoms with Gasteiger partial charge in [0.05, 0.1) is 0 Å². The predicted molar refractivity (Wildman–Crippen MR) is 212 cm³/mol. The van der Waals surface area contributed by atoms with E-state index in [0.717, 1.165) is 43.7 Å². The number of carbonyl (C=O) groups is 4. The predicted octanol–water partition coefficient (Wildman–Crippen LogP) is 7.12. The minimum Gasteiger partial charge on any atom is -0.369 e. The molecule has 0 saturated carbocycles. The number of amides is 4. The van der Waals surface area contributed by atoms with Crippen LogP contribution in [-0.4, -0.2) is 80.6 Å². The summed E-state index contributed by atoms with van der Waals surface area (Å²) < 4.78 is 0. The number of benzene rings is 4. The van der Waals surface area contributed by atoms with Crippen molar-refractivity contribution in [1.82, 2.24) is 10.2 Å². The fourth-order valence-corrected chi connectivity index (χ4v) is 5.85. The minimum atomic E-state index is -0.392. The first-order valence-corrected chi connectivity index (χ1v) is 18.3. The highest BCUT2D eigenvalue weighted by Crippen LogP contribution is 2.19. The average Bonchev–Trinajstić information content (AvgIpc) is 3.14. The number of anilines is 4. The highest BCUT2D eigenvalue weighted by molar-refractivity contribution is 6.18. The monoisotopic (exact) mass is 744 g/mol. The van der Waals surface area contributed by atoms with Gasteiger partial charge in [-0.3, -0.25) is 19.2 Å². The maximum absolute atomic E-state index is 13.1. The summed E-state index contributed by atoms with van der Waals surface area (Å²) in [7, 11) is 3.96. The number of aryl methyl sites for hydroxylation is 1. The SMILES string of the molecule is CN(C)CCCNC(=O)c1cccc(NC(=O)c2cccc(NC(=O)c3cccc(NC(=O)CCCc4ccc(N(CCCl)CCCl)cc4)c3)c2)c1. The van der Waals surface area contributed by atoms with Crippen molar-refractivity contribution in [3.05, 3.63) is 119 Å². The molecule has 0 aromatic heterocycles. The third kappa shape index (κ3) is 13.0. The molecule has 0 aliphatic carbocycles. The van der Waals surface area contributed by atoms with Gasteiger partial charge in [0.25, 0.3) is 17.7 Å². The van der Waals surface area contributed by atoms with E-state index in [9.17, 15) is 19.2 Å². The molecule has 0 radical (unpaired) electrons. The zero-order valence-electron chi connectivity index (χ0n) is 29.6. The Kier molecular flexibility index (Phi) is 16.0. The normalized spacial score (nSPS) is 10.8. The minimum absolute atomic E-state index is 0.144. The van der Waals surface area contributed by atoms with Crippen LogP contribution in [0.4, 0.5) is 22.7 Å². The molecule has 0 heterocycles. The second kappa shape index (κ2) is 20.8. The summed E-state index contributed by atoms with van der Waals surface area (Å²) in [6.07, 6.45) is 2.57. The van der Waals surface area contributed by atoms with Gasteiger partial charge in [0, 0.05) is 77.3 Å². The Labute approximate surface area is 315 Å². The fraction of sp³-hybridized carbons (Fsp3) is 0.300. The number of nitrogens with zero attached hydrogens (tertiary/aromatic N) is 2. The second-order valence-corrected chi connectivity index (χ2v) is 13.3. The Balaban J connectivity index is 1.26. The van der Waals surface area contributed by atoms with Crippen LogP contribution < -0.4 is 26.2 Å². The van der Waals surface area contributed by atoms with Gasteiger partial charge in [-0.2, -0.15) is 0 Å². The molecule has 0 aliphatic heterocycles. The number of rotatable bonds is 19. The average molecular weight is 746 g/mol. The number of carbonyl (C=O) groups excluding carboxylic acids is 4. The Morgan fingerprint density at radius 2 is 1.10 bits per heavy atom. The molecule has 52 heavy (non-hydrogen) atoms. The van der Waals surface area contributed by atoms with E-state index in [1.807, 2.05) is 26.2 Å². The van der Waals surface area contributed by atoms with E-state index in [0.29, 0.717) is 64.9 Å².